The molecule has 0 saturated carbocycles. The third kappa shape index (κ3) is 4.58. The van der Waals surface area contributed by atoms with E-state index in [0.717, 1.165) is 22.4 Å². The van der Waals surface area contributed by atoms with E-state index in [1.165, 1.54) is 5.56 Å². The van der Waals surface area contributed by atoms with Crippen LogP contribution in [0.5, 0.6) is 0 Å². The van der Waals surface area contributed by atoms with Gasteiger partial charge in [0.25, 0.3) is 0 Å². The van der Waals surface area contributed by atoms with Gasteiger partial charge in [0.05, 0.1) is 12.6 Å². The molecule has 3 heteroatoms. The fourth-order valence-electron chi connectivity index (χ4n) is 3.06. The second-order valence-electron chi connectivity index (χ2n) is 6.50. The number of carbonyl (C=O) groups is 1. The molecule has 26 heavy (non-hydrogen) atoms. The molecule has 0 fully saturated rings. The predicted molar refractivity (Wildman–Crippen MR) is 107 cm³/mol. The van der Waals surface area contributed by atoms with E-state index in [2.05, 4.69) is 41.0 Å². The first kappa shape index (κ1) is 17.9. The van der Waals surface area contributed by atoms with Crippen molar-refractivity contribution in [3.05, 3.63) is 101 Å². The zero-order chi connectivity index (χ0) is 18.4. The third-order valence-corrected chi connectivity index (χ3v) is 4.39. The minimum Gasteiger partial charge on any atom is -0.325 e. The Morgan fingerprint density at radius 2 is 1.42 bits per heavy atom. The second-order valence-corrected chi connectivity index (χ2v) is 6.50. The van der Waals surface area contributed by atoms with Gasteiger partial charge >= 0.3 is 0 Å². The average Bonchev–Trinajstić information content (AvgIpc) is 2.66. The Labute approximate surface area is 155 Å². The summed E-state index contributed by atoms with van der Waals surface area (Å²) in [4.78, 5) is 12.4. The molecule has 3 aromatic carbocycles. The van der Waals surface area contributed by atoms with E-state index in [1.54, 1.807) is 0 Å². The lowest BCUT2D eigenvalue weighted by molar-refractivity contribution is -0.115. The third-order valence-electron chi connectivity index (χ3n) is 4.39. The molecule has 0 aliphatic heterocycles. The van der Waals surface area contributed by atoms with Gasteiger partial charge in [-0.1, -0.05) is 78.4 Å². The largest absolute Gasteiger partial charge is 0.325 e. The van der Waals surface area contributed by atoms with Gasteiger partial charge < -0.3 is 5.32 Å². The fourth-order valence-corrected chi connectivity index (χ4v) is 3.06. The van der Waals surface area contributed by atoms with Gasteiger partial charge in [-0.2, -0.15) is 0 Å². The van der Waals surface area contributed by atoms with Crippen molar-refractivity contribution in [2.45, 2.75) is 19.9 Å². The topological polar surface area (TPSA) is 41.1 Å². The summed E-state index contributed by atoms with van der Waals surface area (Å²) in [6.45, 7) is 4.29. The van der Waals surface area contributed by atoms with Crippen molar-refractivity contribution < 1.29 is 4.79 Å². The van der Waals surface area contributed by atoms with Crippen LogP contribution in [0.1, 0.15) is 28.3 Å². The SMILES string of the molecule is Cc1ccc(NC(=O)CNC(c2ccccc2)c2ccccc2)c(C)c1. The molecule has 0 unspecified atom stereocenters. The molecule has 0 aliphatic carbocycles. The predicted octanol–water partition coefficient (Wildman–Crippen LogP) is 4.62. The molecule has 0 aliphatic rings. The maximum absolute atomic E-state index is 12.4. The molecule has 3 rings (SSSR count). The summed E-state index contributed by atoms with van der Waals surface area (Å²) in [6.07, 6.45) is 0. The number of hydrogen-bond donors (Lipinski definition) is 2. The van der Waals surface area contributed by atoms with E-state index in [1.807, 2.05) is 62.4 Å². The van der Waals surface area contributed by atoms with Crippen LogP contribution in [0, 0.1) is 13.8 Å². The van der Waals surface area contributed by atoms with Crippen LogP contribution in [0.4, 0.5) is 5.69 Å². The highest BCUT2D eigenvalue weighted by Gasteiger charge is 2.15. The molecule has 132 valence electrons. The monoisotopic (exact) mass is 344 g/mol. The molecule has 0 radical (unpaired) electrons. The van der Waals surface area contributed by atoms with E-state index < -0.39 is 0 Å². The summed E-state index contributed by atoms with van der Waals surface area (Å²) in [7, 11) is 0. The number of hydrogen-bond acceptors (Lipinski definition) is 2. The standard InChI is InChI=1S/C23H24N2O/c1-17-13-14-21(18(2)15-17)25-22(26)16-24-23(19-9-5-3-6-10-19)20-11-7-4-8-12-20/h3-15,23-24H,16H2,1-2H3,(H,25,26). The van der Waals surface area contributed by atoms with Gasteiger partial charge in [-0.05, 0) is 36.6 Å². The van der Waals surface area contributed by atoms with E-state index in [4.69, 9.17) is 0 Å². The summed E-state index contributed by atoms with van der Waals surface area (Å²) >= 11 is 0. The highest BCUT2D eigenvalue weighted by Crippen LogP contribution is 2.21. The maximum atomic E-state index is 12.4. The molecule has 0 heterocycles. The maximum Gasteiger partial charge on any atom is 0.238 e. The molecular weight excluding hydrogens is 320 g/mol. The summed E-state index contributed by atoms with van der Waals surface area (Å²) in [6, 6.07) is 26.4. The minimum atomic E-state index is -0.0474. The first-order chi connectivity index (χ1) is 12.6. The molecule has 0 saturated heterocycles. The summed E-state index contributed by atoms with van der Waals surface area (Å²) < 4.78 is 0. The lowest BCUT2D eigenvalue weighted by atomic mass is 9.99. The summed E-state index contributed by atoms with van der Waals surface area (Å²) in [5.74, 6) is -0.0474. The zero-order valence-electron chi connectivity index (χ0n) is 15.2. The van der Waals surface area contributed by atoms with Crippen LogP contribution in [0.2, 0.25) is 0 Å². The number of carbonyl (C=O) groups excluding carboxylic acids is 1. The van der Waals surface area contributed by atoms with Crippen molar-refractivity contribution in [1.82, 2.24) is 5.32 Å². The fraction of sp³-hybridized carbons (Fsp3) is 0.174. The van der Waals surface area contributed by atoms with Crippen LogP contribution in [-0.2, 0) is 4.79 Å². The highest BCUT2D eigenvalue weighted by atomic mass is 16.1. The molecular formula is C23H24N2O. The normalized spacial score (nSPS) is 10.7. The van der Waals surface area contributed by atoms with Crippen LogP contribution < -0.4 is 10.6 Å². The first-order valence-electron chi connectivity index (χ1n) is 8.84. The van der Waals surface area contributed by atoms with E-state index in [9.17, 15) is 4.79 Å². The van der Waals surface area contributed by atoms with Gasteiger partial charge in [-0.15, -0.1) is 0 Å². The van der Waals surface area contributed by atoms with Crippen LogP contribution in [0.25, 0.3) is 0 Å². The quantitative estimate of drug-likeness (QED) is 0.685. The van der Waals surface area contributed by atoms with Gasteiger partial charge in [-0.25, -0.2) is 0 Å². The number of anilines is 1. The van der Waals surface area contributed by atoms with E-state index >= 15 is 0 Å². The Hall–Kier alpha value is -2.91. The molecule has 3 nitrogen and oxygen atoms in total. The lowest BCUT2D eigenvalue weighted by Crippen LogP contribution is -2.32. The van der Waals surface area contributed by atoms with Crippen LogP contribution in [-0.4, -0.2) is 12.5 Å². The van der Waals surface area contributed by atoms with Crippen molar-refractivity contribution in [1.29, 1.82) is 0 Å². The lowest BCUT2D eigenvalue weighted by Gasteiger charge is -2.20. The Balaban J connectivity index is 1.71. The second kappa shape index (κ2) is 8.45. The summed E-state index contributed by atoms with van der Waals surface area (Å²) in [5.41, 5.74) is 5.39. The van der Waals surface area contributed by atoms with Crippen LogP contribution >= 0.6 is 0 Å². The summed E-state index contributed by atoms with van der Waals surface area (Å²) in [5, 5.41) is 6.39. The van der Waals surface area contributed by atoms with Crippen molar-refractivity contribution in [3.63, 3.8) is 0 Å². The van der Waals surface area contributed by atoms with Gasteiger partial charge in [0.1, 0.15) is 0 Å². The van der Waals surface area contributed by atoms with Crippen LogP contribution in [0.3, 0.4) is 0 Å². The Morgan fingerprint density at radius 1 is 0.846 bits per heavy atom. The molecule has 0 atom stereocenters. The minimum absolute atomic E-state index is 0.0257. The Kier molecular flexibility index (Phi) is 5.82. The van der Waals surface area contributed by atoms with Crippen molar-refractivity contribution in [2.75, 3.05) is 11.9 Å². The Bertz CT molecular complexity index is 820. The van der Waals surface area contributed by atoms with Gasteiger partial charge in [-0.3, -0.25) is 10.1 Å². The van der Waals surface area contributed by atoms with Gasteiger partial charge in [0.2, 0.25) is 5.91 Å². The van der Waals surface area contributed by atoms with Crippen molar-refractivity contribution >= 4 is 11.6 Å². The zero-order valence-corrected chi connectivity index (χ0v) is 15.2. The molecule has 0 spiro atoms. The van der Waals surface area contributed by atoms with E-state index in [-0.39, 0.29) is 18.5 Å². The number of nitrogens with one attached hydrogen (secondary N) is 2. The highest BCUT2D eigenvalue weighted by molar-refractivity contribution is 5.93. The Morgan fingerprint density at radius 3 is 1.96 bits per heavy atom. The molecule has 3 aromatic rings. The number of benzene rings is 3. The smallest absolute Gasteiger partial charge is 0.238 e. The first-order valence-corrected chi connectivity index (χ1v) is 8.84. The molecule has 0 bridgehead atoms. The molecule has 1 amide bonds. The van der Waals surface area contributed by atoms with Crippen molar-refractivity contribution in [3.8, 4) is 0 Å². The van der Waals surface area contributed by atoms with E-state index in [0.29, 0.717) is 0 Å². The van der Waals surface area contributed by atoms with Crippen LogP contribution in [0.15, 0.2) is 78.9 Å². The van der Waals surface area contributed by atoms with Crippen molar-refractivity contribution in [2.24, 2.45) is 0 Å². The number of amides is 1. The molecule has 0 aromatic heterocycles. The van der Waals surface area contributed by atoms with Gasteiger partial charge in [0.15, 0.2) is 0 Å². The molecule has 2 N–H and O–H groups in total. The number of rotatable bonds is 6. The van der Waals surface area contributed by atoms with Gasteiger partial charge in [0, 0.05) is 5.69 Å². The average molecular weight is 344 g/mol. The number of aryl methyl sites for hydroxylation is 2.